The van der Waals surface area contributed by atoms with Crippen LogP contribution >= 0.6 is 0 Å². The van der Waals surface area contributed by atoms with E-state index in [4.69, 9.17) is 4.74 Å². The first-order valence-electron chi connectivity index (χ1n) is 5.00. The lowest BCUT2D eigenvalue weighted by Gasteiger charge is -2.19. The third-order valence-electron chi connectivity index (χ3n) is 2.05. The minimum absolute atomic E-state index is 0.431. The Bertz CT molecular complexity index is 395. The molecule has 0 aliphatic carbocycles. The van der Waals surface area contributed by atoms with Gasteiger partial charge in [-0.05, 0) is 32.1 Å². The number of carbonyl (C=O) groups is 2. The van der Waals surface area contributed by atoms with Crippen LogP contribution in [0.15, 0.2) is 42.5 Å². The molecule has 0 aliphatic rings. The summed E-state index contributed by atoms with van der Waals surface area (Å²) in [6, 6.07) is 8.57. The predicted molar refractivity (Wildman–Crippen MR) is 61.1 cm³/mol. The van der Waals surface area contributed by atoms with Gasteiger partial charge in [-0.25, -0.2) is 4.79 Å². The molecule has 0 N–H and O–H groups in total. The molecule has 0 amide bonds. The molecule has 1 aromatic carbocycles. The van der Waals surface area contributed by atoms with Crippen molar-refractivity contribution in [3.05, 3.63) is 48.0 Å². The normalized spacial score (nSPS) is 14.4. The van der Waals surface area contributed by atoms with E-state index in [2.05, 4.69) is 0 Å². The molecular weight excluding hydrogens is 204 g/mol. The minimum atomic E-state index is -1.19. The Labute approximate surface area is 94.7 Å². The second kappa shape index (κ2) is 5.26. The van der Waals surface area contributed by atoms with Gasteiger partial charge in [-0.2, -0.15) is 0 Å². The van der Waals surface area contributed by atoms with Gasteiger partial charge in [0.05, 0.1) is 5.56 Å². The number of aldehydes is 1. The van der Waals surface area contributed by atoms with E-state index >= 15 is 0 Å². The molecule has 0 aliphatic heterocycles. The maximum absolute atomic E-state index is 11.7. The van der Waals surface area contributed by atoms with Gasteiger partial charge in [0.1, 0.15) is 0 Å². The summed E-state index contributed by atoms with van der Waals surface area (Å²) in [5, 5.41) is 0. The fourth-order valence-corrected chi connectivity index (χ4v) is 1.26. The van der Waals surface area contributed by atoms with Crippen molar-refractivity contribution in [2.45, 2.75) is 19.4 Å². The van der Waals surface area contributed by atoms with E-state index in [1.165, 1.54) is 0 Å². The molecule has 0 bridgehead atoms. The average Bonchev–Trinajstić information content (AvgIpc) is 2.30. The maximum Gasteiger partial charge on any atom is 0.339 e. The van der Waals surface area contributed by atoms with E-state index in [1.54, 1.807) is 50.3 Å². The van der Waals surface area contributed by atoms with Gasteiger partial charge in [-0.15, -0.1) is 0 Å². The maximum atomic E-state index is 11.7. The second-order valence-corrected chi connectivity index (χ2v) is 3.56. The van der Waals surface area contributed by atoms with Crippen molar-refractivity contribution in [3.63, 3.8) is 0 Å². The second-order valence-electron chi connectivity index (χ2n) is 3.56. The molecule has 3 nitrogen and oxygen atoms in total. The first-order valence-corrected chi connectivity index (χ1v) is 5.00. The van der Waals surface area contributed by atoms with Crippen LogP contribution in [-0.4, -0.2) is 17.9 Å². The number of benzene rings is 1. The van der Waals surface area contributed by atoms with Crippen LogP contribution in [0.25, 0.3) is 0 Å². The average molecular weight is 218 g/mol. The number of allylic oxidation sites excluding steroid dienone is 1. The molecule has 0 radical (unpaired) electrons. The lowest BCUT2D eigenvalue weighted by molar-refractivity contribution is -0.119. The Morgan fingerprint density at radius 1 is 1.31 bits per heavy atom. The Morgan fingerprint density at radius 3 is 2.44 bits per heavy atom. The molecule has 84 valence electrons. The van der Waals surface area contributed by atoms with Crippen LogP contribution < -0.4 is 0 Å². The Morgan fingerprint density at radius 2 is 1.94 bits per heavy atom. The summed E-state index contributed by atoms with van der Waals surface area (Å²) in [5.41, 5.74) is -0.762. The van der Waals surface area contributed by atoms with Crippen LogP contribution in [0.3, 0.4) is 0 Å². The van der Waals surface area contributed by atoms with E-state index in [0.29, 0.717) is 11.8 Å². The van der Waals surface area contributed by atoms with Crippen LogP contribution in [0.2, 0.25) is 0 Å². The van der Waals surface area contributed by atoms with E-state index in [-0.39, 0.29) is 0 Å². The lowest BCUT2D eigenvalue weighted by atomic mass is 10.1. The molecule has 0 saturated carbocycles. The molecule has 0 fully saturated rings. The van der Waals surface area contributed by atoms with Crippen molar-refractivity contribution >= 4 is 12.3 Å². The van der Waals surface area contributed by atoms with Gasteiger partial charge in [-0.1, -0.05) is 24.3 Å². The van der Waals surface area contributed by atoms with E-state index in [1.807, 2.05) is 6.07 Å². The van der Waals surface area contributed by atoms with Gasteiger partial charge in [-0.3, -0.25) is 4.79 Å². The van der Waals surface area contributed by atoms with Gasteiger partial charge in [0, 0.05) is 0 Å². The monoisotopic (exact) mass is 218 g/mol. The number of ether oxygens (including phenoxy) is 1. The van der Waals surface area contributed by atoms with Crippen molar-refractivity contribution in [2.75, 3.05) is 0 Å². The number of hydrogen-bond acceptors (Lipinski definition) is 3. The SMILES string of the molecule is C/C=C/[C@](C)(C=O)OC(=O)c1ccccc1. The van der Waals surface area contributed by atoms with Gasteiger partial charge in [0.15, 0.2) is 11.9 Å². The van der Waals surface area contributed by atoms with Crippen LogP contribution in [0.1, 0.15) is 24.2 Å². The van der Waals surface area contributed by atoms with E-state index in [9.17, 15) is 9.59 Å². The minimum Gasteiger partial charge on any atom is -0.444 e. The molecule has 16 heavy (non-hydrogen) atoms. The number of carbonyl (C=O) groups excluding carboxylic acids is 2. The van der Waals surface area contributed by atoms with Crippen molar-refractivity contribution in [2.24, 2.45) is 0 Å². The zero-order valence-corrected chi connectivity index (χ0v) is 9.34. The molecular formula is C13H14O3. The van der Waals surface area contributed by atoms with Gasteiger partial charge in [0.25, 0.3) is 0 Å². The van der Waals surface area contributed by atoms with Crippen LogP contribution in [0.5, 0.6) is 0 Å². The van der Waals surface area contributed by atoms with Gasteiger partial charge < -0.3 is 4.74 Å². The number of rotatable bonds is 4. The quantitative estimate of drug-likeness (QED) is 0.442. The smallest absolute Gasteiger partial charge is 0.339 e. The summed E-state index contributed by atoms with van der Waals surface area (Å²) in [7, 11) is 0. The summed E-state index contributed by atoms with van der Waals surface area (Å²) in [6.07, 6.45) is 3.82. The highest BCUT2D eigenvalue weighted by Gasteiger charge is 2.25. The van der Waals surface area contributed by atoms with Gasteiger partial charge in [0.2, 0.25) is 0 Å². The van der Waals surface area contributed by atoms with E-state index in [0.717, 1.165) is 0 Å². The molecule has 0 unspecified atom stereocenters. The Hall–Kier alpha value is -1.90. The van der Waals surface area contributed by atoms with Crippen LogP contribution in [-0.2, 0) is 9.53 Å². The molecule has 0 spiro atoms. The Kier molecular flexibility index (Phi) is 4.00. The highest BCUT2D eigenvalue weighted by molar-refractivity contribution is 5.91. The predicted octanol–water partition coefficient (Wildman–Crippen LogP) is 2.38. The van der Waals surface area contributed by atoms with Crippen LogP contribution in [0, 0.1) is 0 Å². The zero-order chi connectivity index (χ0) is 12.0. The fourth-order valence-electron chi connectivity index (χ4n) is 1.26. The lowest BCUT2D eigenvalue weighted by Crippen LogP contribution is -2.31. The molecule has 0 aromatic heterocycles. The fraction of sp³-hybridized carbons (Fsp3) is 0.231. The third-order valence-corrected chi connectivity index (χ3v) is 2.05. The molecule has 0 saturated heterocycles. The highest BCUT2D eigenvalue weighted by Crippen LogP contribution is 2.13. The van der Waals surface area contributed by atoms with E-state index < -0.39 is 11.6 Å². The highest BCUT2D eigenvalue weighted by atomic mass is 16.6. The number of esters is 1. The summed E-state index contributed by atoms with van der Waals surface area (Å²) in [6.45, 7) is 3.30. The molecule has 0 heterocycles. The van der Waals surface area contributed by atoms with Crippen molar-refractivity contribution in [1.82, 2.24) is 0 Å². The first kappa shape index (κ1) is 12.2. The van der Waals surface area contributed by atoms with Crippen molar-refractivity contribution in [3.8, 4) is 0 Å². The standard InChI is InChI=1S/C13H14O3/c1-3-9-13(2,10-14)16-12(15)11-7-5-4-6-8-11/h3-10H,1-2H3/b9-3+/t13-/m1/s1. The number of hydrogen-bond donors (Lipinski definition) is 0. The third kappa shape index (κ3) is 3.05. The topological polar surface area (TPSA) is 43.4 Å². The summed E-state index contributed by atoms with van der Waals surface area (Å²) in [4.78, 5) is 22.5. The molecule has 1 atom stereocenters. The van der Waals surface area contributed by atoms with Crippen molar-refractivity contribution in [1.29, 1.82) is 0 Å². The molecule has 1 rings (SSSR count). The first-order chi connectivity index (χ1) is 7.61. The summed E-state index contributed by atoms with van der Waals surface area (Å²) >= 11 is 0. The molecule has 1 aromatic rings. The zero-order valence-electron chi connectivity index (χ0n) is 9.34. The molecule has 3 heteroatoms. The summed E-state index contributed by atoms with van der Waals surface area (Å²) < 4.78 is 5.12. The van der Waals surface area contributed by atoms with Crippen molar-refractivity contribution < 1.29 is 14.3 Å². The Balaban J connectivity index is 2.82. The van der Waals surface area contributed by atoms with Crippen LogP contribution in [0.4, 0.5) is 0 Å². The van der Waals surface area contributed by atoms with Gasteiger partial charge >= 0.3 is 5.97 Å². The summed E-state index contributed by atoms with van der Waals surface area (Å²) in [5.74, 6) is -0.506. The largest absolute Gasteiger partial charge is 0.444 e.